The van der Waals surface area contributed by atoms with E-state index in [1.807, 2.05) is 0 Å². The molecule has 2 N–H and O–H groups in total. The van der Waals surface area contributed by atoms with Crippen molar-refractivity contribution in [3.63, 3.8) is 0 Å². The van der Waals surface area contributed by atoms with Crippen LogP contribution in [0.2, 0.25) is 0 Å². The number of thiazole rings is 1. The number of amides is 1. The molecule has 0 aliphatic carbocycles. The van der Waals surface area contributed by atoms with Gasteiger partial charge in [-0.3, -0.25) is 27.8 Å². The van der Waals surface area contributed by atoms with E-state index in [1.165, 1.54) is 18.7 Å². The van der Waals surface area contributed by atoms with E-state index in [4.69, 9.17) is 9.79 Å². The molecule has 0 aliphatic rings. The van der Waals surface area contributed by atoms with E-state index >= 15 is 0 Å². The molecule has 0 aliphatic heterocycles. The number of nitrogens with zero attached hydrogens (tertiary/aromatic N) is 4. The van der Waals surface area contributed by atoms with Crippen LogP contribution in [-0.4, -0.2) is 29.4 Å². The van der Waals surface area contributed by atoms with Gasteiger partial charge in [0.25, 0.3) is 11.5 Å². The molecule has 1 amide bonds. The Morgan fingerprint density at radius 1 is 1.15 bits per heavy atom. The molecule has 0 spiro atoms. The van der Waals surface area contributed by atoms with Crippen molar-refractivity contribution in [2.24, 2.45) is 19.1 Å². The van der Waals surface area contributed by atoms with Gasteiger partial charge in [0.05, 0.1) is 17.5 Å². The summed E-state index contributed by atoms with van der Waals surface area (Å²) in [7, 11) is -2.45. The van der Waals surface area contributed by atoms with Gasteiger partial charge in [0.15, 0.2) is 4.80 Å². The molecule has 19 heteroatoms. The summed E-state index contributed by atoms with van der Waals surface area (Å²) < 4.78 is 87.2. The third kappa shape index (κ3) is 5.89. The number of hydrogen-bond acceptors (Lipinski definition) is 7. The average molecular weight is 641 g/mol. The summed E-state index contributed by atoms with van der Waals surface area (Å²) in [5.74, 6) is -4.77. The molecule has 0 atom stereocenters. The number of benzene rings is 1. The average Bonchev–Trinajstić information content (AvgIpc) is 3.39. The minimum absolute atomic E-state index is 0.110. The molecule has 1 aromatic carbocycles. The highest BCUT2D eigenvalue weighted by atomic mass is 32.1. The highest BCUT2D eigenvalue weighted by molar-refractivity contribution is 7.46. The number of alkyl halides is 3. The van der Waals surface area contributed by atoms with Crippen molar-refractivity contribution in [3.05, 3.63) is 70.8 Å². The summed E-state index contributed by atoms with van der Waals surface area (Å²) in [5.41, 5.74) is -4.39. The molecule has 220 valence electrons. The zero-order valence-electron chi connectivity index (χ0n) is 21.0. The van der Waals surface area contributed by atoms with Crippen LogP contribution in [-0.2, 0) is 47.3 Å². The summed E-state index contributed by atoms with van der Waals surface area (Å²) in [6.45, 7) is 0.542. The Hall–Kier alpha value is -3.28. The molecule has 3 aromatic heterocycles. The topological polar surface area (TPSA) is 145 Å². The van der Waals surface area contributed by atoms with Crippen molar-refractivity contribution in [3.8, 4) is 11.3 Å². The number of phosphoric ester groups is 1. The molecule has 4 aromatic rings. The van der Waals surface area contributed by atoms with Gasteiger partial charge in [-0.15, -0.1) is 22.7 Å². The summed E-state index contributed by atoms with van der Waals surface area (Å²) in [6, 6.07) is 1.05. The lowest BCUT2D eigenvalue weighted by molar-refractivity contribution is -0.142. The van der Waals surface area contributed by atoms with Gasteiger partial charge in [-0.05, 0) is 24.6 Å². The second kappa shape index (κ2) is 10.8. The van der Waals surface area contributed by atoms with E-state index in [0.29, 0.717) is 33.2 Å². The quantitative estimate of drug-likeness (QED) is 0.243. The lowest BCUT2D eigenvalue weighted by atomic mass is 10.1. The van der Waals surface area contributed by atoms with Crippen LogP contribution in [0.15, 0.2) is 32.1 Å². The fourth-order valence-corrected chi connectivity index (χ4v) is 6.28. The van der Waals surface area contributed by atoms with Crippen LogP contribution in [0.5, 0.6) is 0 Å². The predicted molar refractivity (Wildman–Crippen MR) is 137 cm³/mol. The van der Waals surface area contributed by atoms with Gasteiger partial charge in [-0.1, -0.05) is 0 Å². The number of thiophene rings is 1. The first-order valence-electron chi connectivity index (χ1n) is 11.1. The Kier molecular flexibility index (Phi) is 8.12. The number of hydrogen-bond donors (Lipinski definition) is 2. The third-order valence-corrected chi connectivity index (χ3v) is 8.48. The summed E-state index contributed by atoms with van der Waals surface area (Å²) >= 11 is 1.69. The van der Waals surface area contributed by atoms with Gasteiger partial charge in [0.2, 0.25) is 0 Å². The van der Waals surface area contributed by atoms with Gasteiger partial charge in [0.1, 0.15) is 28.8 Å². The van der Waals surface area contributed by atoms with Crippen LogP contribution >= 0.6 is 30.5 Å². The standard InChI is InChI=1S/C22H18F5N4O7PS2/c1-9-11(15-18(33)29(2)21(34)30(3)19(15)41-9)6-14(32)28-20-31(8-38-39(35,36)37)13(7-40-20)10-4-5-12(23)16(17(10)24)22(25,26)27/h4-5,7H,6,8H2,1-3H3,(H2,35,36,37). The van der Waals surface area contributed by atoms with E-state index in [-0.39, 0.29) is 15.8 Å². The molecular weight excluding hydrogens is 622 g/mol. The number of carbonyl (C=O) groups excluding carboxylic acids is 1. The second-order valence-corrected chi connectivity index (χ2v) is 11.8. The van der Waals surface area contributed by atoms with E-state index in [9.17, 15) is 40.9 Å². The summed E-state index contributed by atoms with van der Waals surface area (Å²) in [6.07, 6.45) is -5.87. The van der Waals surface area contributed by atoms with Crippen molar-refractivity contribution >= 4 is 46.6 Å². The zero-order chi connectivity index (χ0) is 30.6. The number of phosphoric acid groups is 1. The van der Waals surface area contributed by atoms with Crippen molar-refractivity contribution < 1.29 is 45.6 Å². The van der Waals surface area contributed by atoms with E-state index in [0.717, 1.165) is 25.9 Å². The molecule has 0 unspecified atom stereocenters. The fourth-order valence-electron chi connectivity index (χ4n) is 4.00. The van der Waals surface area contributed by atoms with E-state index < -0.39 is 72.8 Å². The maximum absolute atomic E-state index is 14.9. The van der Waals surface area contributed by atoms with Crippen LogP contribution in [0.1, 0.15) is 16.0 Å². The maximum atomic E-state index is 14.9. The van der Waals surface area contributed by atoms with E-state index in [2.05, 4.69) is 9.52 Å². The number of rotatable bonds is 6. The van der Waals surface area contributed by atoms with Crippen molar-refractivity contribution in [1.82, 2.24) is 13.7 Å². The van der Waals surface area contributed by atoms with Crippen molar-refractivity contribution in [2.75, 3.05) is 0 Å². The van der Waals surface area contributed by atoms with Crippen LogP contribution < -0.4 is 16.1 Å². The normalized spacial score (nSPS) is 13.0. The molecule has 0 bridgehead atoms. The minimum Gasteiger partial charge on any atom is -0.303 e. The highest BCUT2D eigenvalue weighted by Crippen LogP contribution is 2.39. The molecule has 11 nitrogen and oxygen atoms in total. The van der Waals surface area contributed by atoms with Crippen LogP contribution in [0.3, 0.4) is 0 Å². The Morgan fingerprint density at radius 3 is 2.41 bits per heavy atom. The van der Waals surface area contributed by atoms with Gasteiger partial charge >= 0.3 is 19.7 Å². The molecule has 0 fully saturated rings. The predicted octanol–water partition coefficient (Wildman–Crippen LogP) is 3.17. The summed E-state index contributed by atoms with van der Waals surface area (Å²) in [4.78, 5) is 60.7. The monoisotopic (exact) mass is 640 g/mol. The van der Waals surface area contributed by atoms with Crippen molar-refractivity contribution in [1.29, 1.82) is 0 Å². The fraction of sp³-hybridized carbons (Fsp3) is 0.273. The smallest absolute Gasteiger partial charge is 0.303 e. The van der Waals surface area contributed by atoms with E-state index in [1.54, 1.807) is 6.92 Å². The van der Waals surface area contributed by atoms with Gasteiger partial charge in [-0.2, -0.15) is 18.2 Å². The van der Waals surface area contributed by atoms with Gasteiger partial charge in [0, 0.05) is 29.9 Å². The first-order chi connectivity index (χ1) is 18.9. The minimum atomic E-state index is -5.40. The number of aryl methyl sites for hydroxylation is 2. The molecule has 0 saturated heterocycles. The van der Waals surface area contributed by atoms with Gasteiger partial charge < -0.3 is 9.79 Å². The third-order valence-electron chi connectivity index (χ3n) is 5.94. The molecule has 3 heterocycles. The van der Waals surface area contributed by atoms with Crippen LogP contribution in [0.25, 0.3) is 21.5 Å². The number of halogens is 5. The highest BCUT2D eigenvalue weighted by Gasteiger charge is 2.39. The number of fused-ring (bicyclic) bond motifs is 1. The molecule has 41 heavy (non-hydrogen) atoms. The molecule has 0 saturated carbocycles. The lowest BCUT2D eigenvalue weighted by Gasteiger charge is -2.14. The zero-order valence-corrected chi connectivity index (χ0v) is 23.6. The van der Waals surface area contributed by atoms with Crippen molar-refractivity contribution in [2.45, 2.75) is 26.3 Å². The molecule has 0 radical (unpaired) electrons. The Bertz CT molecular complexity index is 1950. The Labute approximate surface area is 233 Å². The summed E-state index contributed by atoms with van der Waals surface area (Å²) in [5, 5.41) is 1.15. The van der Waals surface area contributed by atoms with Crippen LogP contribution in [0.4, 0.5) is 22.0 Å². The van der Waals surface area contributed by atoms with Crippen LogP contribution in [0, 0.1) is 18.6 Å². The largest absolute Gasteiger partial charge is 0.471 e. The Balaban J connectivity index is 1.85. The first-order valence-corrected chi connectivity index (χ1v) is 14.3. The maximum Gasteiger partial charge on any atom is 0.471 e. The SMILES string of the molecule is Cc1sc2c(c1CC(=O)N=c1scc(-c3ccc(F)c(C(F)(F)F)c3F)n1COP(=O)(O)O)c(=O)n(C)c(=O)n2C. The second-order valence-electron chi connectivity index (χ2n) is 8.57. The Morgan fingerprint density at radius 2 is 1.80 bits per heavy atom. The first kappa shape index (κ1) is 30.7. The number of aromatic nitrogens is 3. The van der Waals surface area contributed by atoms with Gasteiger partial charge in [-0.25, -0.2) is 18.1 Å². The molecular formula is C22H18F5N4O7PS2. The molecule has 4 rings (SSSR count). The lowest BCUT2D eigenvalue weighted by Crippen LogP contribution is -2.36. The number of carbonyl (C=O) groups is 1.